The molecule has 31 heavy (non-hydrogen) atoms. The zero-order chi connectivity index (χ0) is 21.8. The number of anilines is 2. The number of hydrogen-bond acceptors (Lipinski definition) is 7. The summed E-state index contributed by atoms with van der Waals surface area (Å²) in [5.74, 6) is 0.917. The molecular formula is C22H25N7O2. The fourth-order valence-corrected chi connectivity index (χ4v) is 3.70. The quantitative estimate of drug-likeness (QED) is 0.577. The Balaban J connectivity index is 1.35. The van der Waals surface area contributed by atoms with Crippen LogP contribution >= 0.6 is 0 Å². The summed E-state index contributed by atoms with van der Waals surface area (Å²) >= 11 is 0. The fraction of sp³-hybridized carbons (Fsp3) is 0.318. The van der Waals surface area contributed by atoms with Crippen molar-refractivity contribution >= 4 is 34.2 Å². The van der Waals surface area contributed by atoms with Crippen LogP contribution in [0.25, 0.3) is 10.8 Å². The Morgan fingerprint density at radius 3 is 2.68 bits per heavy atom. The smallest absolute Gasteiger partial charge is 0.270 e. The number of carbonyl (C=O) groups excluding carboxylic acids is 2. The molecular weight excluding hydrogens is 394 g/mol. The van der Waals surface area contributed by atoms with Crippen molar-refractivity contribution < 1.29 is 9.59 Å². The average Bonchev–Trinajstić information content (AvgIpc) is 2.78. The number of hydrogen-bond donors (Lipinski definition) is 3. The molecule has 3 heterocycles. The van der Waals surface area contributed by atoms with Gasteiger partial charge in [-0.3, -0.25) is 9.59 Å². The van der Waals surface area contributed by atoms with Gasteiger partial charge in [-0.25, -0.2) is 15.0 Å². The molecule has 4 rings (SSSR count). The Bertz CT molecular complexity index is 1110. The van der Waals surface area contributed by atoms with Gasteiger partial charge in [0.05, 0.1) is 0 Å². The first kappa shape index (κ1) is 20.5. The van der Waals surface area contributed by atoms with Crippen LogP contribution in [0.15, 0.2) is 42.9 Å². The Kier molecular flexibility index (Phi) is 5.92. The summed E-state index contributed by atoms with van der Waals surface area (Å²) in [6.07, 6.45) is 4.79. The number of nitrogens with one attached hydrogen (secondary N) is 2. The lowest BCUT2D eigenvalue weighted by Crippen LogP contribution is -2.41. The van der Waals surface area contributed by atoms with Crippen LogP contribution in [0, 0.1) is 0 Å². The normalized spacial score (nSPS) is 14.4. The summed E-state index contributed by atoms with van der Waals surface area (Å²) in [6.45, 7) is 3.40. The molecule has 1 fully saturated rings. The van der Waals surface area contributed by atoms with Gasteiger partial charge in [0.15, 0.2) is 0 Å². The average molecular weight is 419 g/mol. The van der Waals surface area contributed by atoms with Gasteiger partial charge in [-0.2, -0.15) is 0 Å². The minimum Gasteiger partial charge on any atom is -0.384 e. The van der Waals surface area contributed by atoms with Gasteiger partial charge in [0.25, 0.3) is 5.91 Å². The number of piperidine rings is 1. The van der Waals surface area contributed by atoms with E-state index in [1.165, 1.54) is 6.33 Å². The summed E-state index contributed by atoms with van der Waals surface area (Å²) in [4.78, 5) is 38.3. The van der Waals surface area contributed by atoms with Crippen molar-refractivity contribution in [1.29, 1.82) is 0 Å². The van der Waals surface area contributed by atoms with Crippen LogP contribution < -0.4 is 16.4 Å². The van der Waals surface area contributed by atoms with E-state index in [2.05, 4.69) is 25.6 Å². The van der Waals surface area contributed by atoms with Crippen molar-refractivity contribution in [3.05, 3.63) is 54.1 Å². The topological polar surface area (TPSA) is 126 Å². The lowest BCUT2D eigenvalue weighted by atomic mass is 10.1. The van der Waals surface area contributed by atoms with Crippen LogP contribution in [0.4, 0.5) is 11.6 Å². The van der Waals surface area contributed by atoms with Gasteiger partial charge in [0, 0.05) is 50.2 Å². The molecule has 0 saturated carbocycles. The van der Waals surface area contributed by atoms with Gasteiger partial charge >= 0.3 is 0 Å². The number of fused-ring (bicyclic) bond motifs is 1. The Hall–Kier alpha value is -3.75. The third-order valence-electron chi connectivity index (χ3n) is 5.45. The molecule has 1 aliphatic heterocycles. The van der Waals surface area contributed by atoms with Crippen molar-refractivity contribution in [1.82, 2.24) is 25.2 Å². The number of pyridine rings is 1. The van der Waals surface area contributed by atoms with Gasteiger partial charge in [-0.1, -0.05) is 12.1 Å². The van der Waals surface area contributed by atoms with Crippen molar-refractivity contribution in [3.8, 4) is 0 Å². The van der Waals surface area contributed by atoms with Crippen molar-refractivity contribution in [3.63, 3.8) is 0 Å². The van der Waals surface area contributed by atoms with Crippen LogP contribution in [-0.2, 0) is 11.3 Å². The van der Waals surface area contributed by atoms with E-state index < -0.39 is 0 Å². The monoisotopic (exact) mass is 419 g/mol. The zero-order valence-corrected chi connectivity index (χ0v) is 17.3. The second kappa shape index (κ2) is 8.95. The third-order valence-corrected chi connectivity index (χ3v) is 5.45. The van der Waals surface area contributed by atoms with Gasteiger partial charge in [-0.15, -0.1) is 0 Å². The fourth-order valence-electron chi connectivity index (χ4n) is 3.70. The van der Waals surface area contributed by atoms with Crippen molar-refractivity contribution in [2.24, 2.45) is 0 Å². The van der Waals surface area contributed by atoms with Crippen LogP contribution in [0.5, 0.6) is 0 Å². The maximum atomic E-state index is 12.6. The van der Waals surface area contributed by atoms with E-state index in [1.807, 2.05) is 29.2 Å². The predicted molar refractivity (Wildman–Crippen MR) is 118 cm³/mol. The Morgan fingerprint density at radius 1 is 1.10 bits per heavy atom. The van der Waals surface area contributed by atoms with Gasteiger partial charge in [-0.05, 0) is 35.9 Å². The minimum absolute atomic E-state index is 0.103. The molecule has 2 amide bonds. The number of likely N-dealkylation sites (tertiary alicyclic amines) is 1. The number of nitrogen functional groups attached to an aromatic ring is 1. The van der Waals surface area contributed by atoms with Crippen molar-refractivity contribution in [2.75, 3.05) is 24.1 Å². The molecule has 1 aliphatic rings. The van der Waals surface area contributed by atoms with E-state index in [-0.39, 0.29) is 17.9 Å². The highest BCUT2D eigenvalue weighted by atomic mass is 16.2. The van der Waals surface area contributed by atoms with E-state index in [0.717, 1.165) is 42.3 Å². The number of benzene rings is 1. The van der Waals surface area contributed by atoms with E-state index in [1.54, 1.807) is 19.2 Å². The maximum Gasteiger partial charge on any atom is 0.270 e. The minimum atomic E-state index is -0.271. The summed E-state index contributed by atoms with van der Waals surface area (Å²) < 4.78 is 0. The first-order chi connectivity index (χ1) is 15.0. The van der Waals surface area contributed by atoms with E-state index >= 15 is 0 Å². The molecule has 0 unspecified atom stereocenters. The molecule has 0 radical (unpaired) electrons. The molecule has 9 nitrogen and oxygen atoms in total. The maximum absolute atomic E-state index is 12.6. The van der Waals surface area contributed by atoms with Gasteiger partial charge < -0.3 is 21.3 Å². The molecule has 4 N–H and O–H groups in total. The second-order valence-electron chi connectivity index (χ2n) is 7.69. The molecule has 0 aliphatic carbocycles. The molecule has 160 valence electrons. The van der Waals surface area contributed by atoms with Crippen LogP contribution in [0.3, 0.4) is 0 Å². The van der Waals surface area contributed by atoms with Crippen LogP contribution in [0.1, 0.15) is 35.8 Å². The zero-order valence-electron chi connectivity index (χ0n) is 17.3. The summed E-state index contributed by atoms with van der Waals surface area (Å²) in [6, 6.07) is 9.56. The highest BCUT2D eigenvalue weighted by molar-refractivity contribution is 5.93. The number of amides is 2. The summed E-state index contributed by atoms with van der Waals surface area (Å²) in [7, 11) is 0. The SMILES string of the molecule is CC(=O)N1CCC(Nc2cc(C(=O)NCc3ccc4cc(N)ncc4c3)ncn2)CC1. The van der Waals surface area contributed by atoms with E-state index in [0.29, 0.717) is 23.9 Å². The number of nitrogens with two attached hydrogens (primary N) is 1. The Labute approximate surface area is 180 Å². The molecule has 0 atom stereocenters. The predicted octanol–water partition coefficient (Wildman–Crippen LogP) is 1.96. The number of carbonyl (C=O) groups is 2. The van der Waals surface area contributed by atoms with Crippen LogP contribution in [0.2, 0.25) is 0 Å². The summed E-state index contributed by atoms with van der Waals surface area (Å²) in [5, 5.41) is 8.21. The molecule has 9 heteroatoms. The first-order valence-electron chi connectivity index (χ1n) is 10.2. The standard InChI is InChI=1S/C22H25N7O2/c1-14(30)29-6-4-18(5-7-29)28-21-10-19(26-13-27-21)22(31)25-11-15-2-3-16-9-20(23)24-12-17(16)8-15/h2-3,8-10,12-13,18H,4-7,11H2,1H3,(H2,23,24)(H,25,31)(H,26,27,28). The van der Waals surface area contributed by atoms with Crippen LogP contribution in [-0.4, -0.2) is 50.8 Å². The number of nitrogens with zero attached hydrogens (tertiary/aromatic N) is 4. The van der Waals surface area contributed by atoms with E-state index in [9.17, 15) is 9.59 Å². The van der Waals surface area contributed by atoms with Gasteiger partial charge in [0.2, 0.25) is 5.91 Å². The number of rotatable bonds is 5. The molecule has 0 spiro atoms. The van der Waals surface area contributed by atoms with Gasteiger partial charge in [0.1, 0.15) is 23.7 Å². The lowest BCUT2D eigenvalue weighted by Gasteiger charge is -2.31. The highest BCUT2D eigenvalue weighted by Gasteiger charge is 2.21. The number of aromatic nitrogens is 3. The first-order valence-corrected chi connectivity index (χ1v) is 10.2. The molecule has 3 aromatic rings. The highest BCUT2D eigenvalue weighted by Crippen LogP contribution is 2.18. The Morgan fingerprint density at radius 2 is 1.90 bits per heavy atom. The van der Waals surface area contributed by atoms with E-state index in [4.69, 9.17) is 5.73 Å². The molecule has 2 aromatic heterocycles. The largest absolute Gasteiger partial charge is 0.384 e. The summed E-state index contributed by atoms with van der Waals surface area (Å²) in [5.41, 5.74) is 6.97. The molecule has 1 aromatic carbocycles. The molecule has 1 saturated heterocycles. The van der Waals surface area contributed by atoms with Crippen molar-refractivity contribution in [2.45, 2.75) is 32.4 Å². The third kappa shape index (κ3) is 5.06. The molecule has 0 bridgehead atoms. The lowest BCUT2D eigenvalue weighted by molar-refractivity contribution is -0.129. The second-order valence-corrected chi connectivity index (χ2v) is 7.69.